The van der Waals surface area contributed by atoms with Gasteiger partial charge in [0, 0.05) is 28.7 Å². The lowest BCUT2D eigenvalue weighted by Crippen LogP contribution is -2.32. The van der Waals surface area contributed by atoms with Crippen LogP contribution in [0, 0.1) is 6.92 Å². The van der Waals surface area contributed by atoms with Gasteiger partial charge in [-0.1, -0.05) is 25.1 Å². The van der Waals surface area contributed by atoms with Crippen LogP contribution in [-0.2, 0) is 11.3 Å². The molecule has 4 aromatic rings. The molecule has 0 unspecified atom stereocenters. The molecule has 2 heterocycles. The van der Waals surface area contributed by atoms with E-state index in [2.05, 4.69) is 4.90 Å². The summed E-state index contributed by atoms with van der Waals surface area (Å²) >= 11 is 0. The van der Waals surface area contributed by atoms with Crippen LogP contribution in [0.2, 0.25) is 0 Å². The molecule has 0 bridgehead atoms. The summed E-state index contributed by atoms with van der Waals surface area (Å²) in [5, 5.41) is 2.34. The van der Waals surface area contributed by atoms with Gasteiger partial charge in [-0.2, -0.15) is 0 Å². The first-order valence-corrected chi connectivity index (χ1v) is 10.7. The van der Waals surface area contributed by atoms with Crippen molar-refractivity contribution in [3.05, 3.63) is 81.7 Å². The van der Waals surface area contributed by atoms with Crippen LogP contribution in [0.5, 0.6) is 5.75 Å². The maximum absolute atomic E-state index is 12.4. The van der Waals surface area contributed by atoms with Gasteiger partial charge in [-0.3, -0.25) is 0 Å². The highest BCUT2D eigenvalue weighted by Gasteiger charge is 2.23. The van der Waals surface area contributed by atoms with E-state index >= 15 is 0 Å². The largest absolute Gasteiger partial charge is 0.472 e. The van der Waals surface area contributed by atoms with E-state index < -0.39 is 0 Å². The normalized spacial score (nSPS) is 13.1. The van der Waals surface area contributed by atoms with Gasteiger partial charge in [-0.15, -0.1) is 0 Å². The molecule has 0 saturated carbocycles. The Morgan fingerprint density at radius 3 is 2.56 bits per heavy atom. The van der Waals surface area contributed by atoms with Crippen LogP contribution in [0.3, 0.4) is 0 Å². The van der Waals surface area contributed by atoms with Crippen LogP contribution in [-0.4, -0.2) is 19.3 Å². The molecular formula is C26H23NO5. The third-order valence-corrected chi connectivity index (χ3v) is 5.80. The highest BCUT2D eigenvalue weighted by atomic mass is 16.5. The van der Waals surface area contributed by atoms with Crippen molar-refractivity contribution in [3.63, 3.8) is 0 Å². The summed E-state index contributed by atoms with van der Waals surface area (Å²) in [5.41, 5.74) is 3.55. The minimum absolute atomic E-state index is 0.311. The lowest BCUT2D eigenvalue weighted by Gasteiger charge is -2.32. The van der Waals surface area contributed by atoms with Gasteiger partial charge in [0.05, 0.1) is 17.6 Å². The molecule has 0 aliphatic carbocycles. The lowest BCUT2D eigenvalue weighted by molar-refractivity contribution is 0.0505. The van der Waals surface area contributed by atoms with Crippen molar-refractivity contribution in [2.45, 2.75) is 26.8 Å². The fraction of sp³-hybridized carbons (Fsp3) is 0.231. The number of rotatable bonds is 4. The summed E-state index contributed by atoms with van der Waals surface area (Å²) in [7, 11) is 0. The van der Waals surface area contributed by atoms with Crippen LogP contribution < -0.4 is 15.3 Å². The molecule has 0 amide bonds. The van der Waals surface area contributed by atoms with E-state index in [0.29, 0.717) is 36.4 Å². The average molecular weight is 429 g/mol. The predicted octanol–water partition coefficient (Wildman–Crippen LogP) is 5.18. The van der Waals surface area contributed by atoms with Gasteiger partial charge in [-0.25, -0.2) is 9.59 Å². The second-order valence-electron chi connectivity index (χ2n) is 7.96. The molecule has 0 saturated heterocycles. The standard InChI is InChI=1S/C26H23NO5/c1-3-12-30-25(28)17-8-10-19(11-9-17)27-14-18-13-22-20-6-4-5-7-21(20)26(29)32-24(22)16(2)23(18)31-15-27/h4-11,13H,3,12,14-15H2,1-2H3. The Balaban J connectivity index is 1.50. The van der Waals surface area contributed by atoms with Crippen LogP contribution in [0.1, 0.15) is 34.8 Å². The van der Waals surface area contributed by atoms with Gasteiger partial charge < -0.3 is 18.8 Å². The fourth-order valence-electron chi connectivity index (χ4n) is 4.19. The Morgan fingerprint density at radius 1 is 1.06 bits per heavy atom. The molecule has 32 heavy (non-hydrogen) atoms. The van der Waals surface area contributed by atoms with Crippen molar-refractivity contribution < 1.29 is 18.7 Å². The molecule has 1 aromatic heterocycles. The minimum Gasteiger partial charge on any atom is -0.472 e. The van der Waals surface area contributed by atoms with Crippen molar-refractivity contribution >= 4 is 33.4 Å². The first-order chi connectivity index (χ1) is 15.6. The Morgan fingerprint density at radius 2 is 1.81 bits per heavy atom. The maximum atomic E-state index is 12.4. The van der Waals surface area contributed by atoms with E-state index in [4.69, 9.17) is 13.9 Å². The van der Waals surface area contributed by atoms with Gasteiger partial charge in [0.25, 0.3) is 0 Å². The molecule has 0 N–H and O–H groups in total. The summed E-state index contributed by atoms with van der Waals surface area (Å²) in [4.78, 5) is 26.6. The number of hydrogen-bond acceptors (Lipinski definition) is 6. The summed E-state index contributed by atoms with van der Waals surface area (Å²) < 4.78 is 16.9. The van der Waals surface area contributed by atoms with Crippen molar-refractivity contribution in [1.82, 2.24) is 0 Å². The van der Waals surface area contributed by atoms with E-state index in [1.54, 1.807) is 18.2 Å². The second kappa shape index (κ2) is 8.04. The van der Waals surface area contributed by atoms with Crippen molar-refractivity contribution in [2.75, 3.05) is 18.2 Å². The molecule has 5 rings (SSSR count). The summed E-state index contributed by atoms with van der Waals surface area (Å²) in [6.45, 7) is 5.30. The van der Waals surface area contributed by atoms with Gasteiger partial charge in [-0.05, 0) is 55.1 Å². The SMILES string of the molecule is CCCOC(=O)c1ccc(N2COc3c(cc4c(oc(=O)c5ccccc54)c3C)C2)cc1. The zero-order valence-corrected chi connectivity index (χ0v) is 18.0. The molecule has 0 radical (unpaired) electrons. The van der Waals surface area contributed by atoms with Crippen LogP contribution >= 0.6 is 0 Å². The lowest BCUT2D eigenvalue weighted by atomic mass is 10.00. The summed E-state index contributed by atoms with van der Waals surface area (Å²) in [5.74, 6) is 0.445. The molecule has 6 heteroatoms. The fourth-order valence-corrected chi connectivity index (χ4v) is 4.19. The topological polar surface area (TPSA) is 69.0 Å². The Labute approximate surface area is 185 Å². The number of carbonyl (C=O) groups is 1. The van der Waals surface area contributed by atoms with Crippen molar-refractivity contribution in [3.8, 4) is 5.75 Å². The maximum Gasteiger partial charge on any atom is 0.344 e. The van der Waals surface area contributed by atoms with E-state index in [9.17, 15) is 9.59 Å². The number of aryl methyl sites for hydroxylation is 1. The highest BCUT2D eigenvalue weighted by Crippen LogP contribution is 2.38. The van der Waals surface area contributed by atoms with Crippen molar-refractivity contribution in [1.29, 1.82) is 0 Å². The Bertz CT molecular complexity index is 1390. The summed E-state index contributed by atoms with van der Waals surface area (Å²) in [6, 6.07) is 16.9. The van der Waals surface area contributed by atoms with E-state index in [1.807, 2.05) is 50.2 Å². The molecule has 3 aromatic carbocycles. The number of nitrogens with zero attached hydrogens (tertiary/aromatic N) is 1. The van der Waals surface area contributed by atoms with Gasteiger partial charge in [0.2, 0.25) is 0 Å². The first kappa shape index (κ1) is 20.1. The summed E-state index contributed by atoms with van der Waals surface area (Å²) in [6.07, 6.45) is 0.793. The quantitative estimate of drug-likeness (QED) is 0.253. The smallest absolute Gasteiger partial charge is 0.344 e. The predicted molar refractivity (Wildman–Crippen MR) is 123 cm³/mol. The molecule has 0 spiro atoms. The van der Waals surface area contributed by atoms with Gasteiger partial charge in [0.15, 0.2) is 6.73 Å². The third kappa shape index (κ3) is 3.38. The van der Waals surface area contributed by atoms with Gasteiger partial charge >= 0.3 is 11.6 Å². The van der Waals surface area contributed by atoms with Crippen LogP contribution in [0.15, 0.2) is 63.8 Å². The zero-order chi connectivity index (χ0) is 22.2. The zero-order valence-electron chi connectivity index (χ0n) is 18.0. The van der Waals surface area contributed by atoms with E-state index in [0.717, 1.165) is 39.8 Å². The molecule has 162 valence electrons. The molecule has 0 atom stereocenters. The number of benzene rings is 3. The van der Waals surface area contributed by atoms with Crippen molar-refractivity contribution in [2.24, 2.45) is 0 Å². The Kier molecular flexibility index (Phi) is 5.05. The number of hydrogen-bond donors (Lipinski definition) is 0. The van der Waals surface area contributed by atoms with E-state index in [1.165, 1.54) is 0 Å². The minimum atomic E-state index is -0.342. The van der Waals surface area contributed by atoms with E-state index in [-0.39, 0.29) is 11.6 Å². The molecular weight excluding hydrogens is 406 g/mol. The molecule has 1 aliphatic rings. The number of anilines is 1. The third-order valence-electron chi connectivity index (χ3n) is 5.80. The second-order valence-corrected chi connectivity index (χ2v) is 7.96. The number of fused-ring (bicyclic) bond motifs is 4. The monoisotopic (exact) mass is 429 g/mol. The number of esters is 1. The van der Waals surface area contributed by atoms with Crippen LogP contribution in [0.4, 0.5) is 5.69 Å². The highest BCUT2D eigenvalue weighted by molar-refractivity contribution is 6.06. The van der Waals surface area contributed by atoms with Crippen LogP contribution in [0.25, 0.3) is 21.7 Å². The number of carbonyl (C=O) groups excluding carboxylic acids is 1. The van der Waals surface area contributed by atoms with Gasteiger partial charge in [0.1, 0.15) is 11.3 Å². The average Bonchev–Trinajstić information content (AvgIpc) is 2.83. The first-order valence-electron chi connectivity index (χ1n) is 10.7. The molecule has 6 nitrogen and oxygen atoms in total. The molecule has 1 aliphatic heterocycles. The molecule has 0 fully saturated rings. The number of ether oxygens (including phenoxy) is 2. The Hall–Kier alpha value is -3.80.